The summed E-state index contributed by atoms with van der Waals surface area (Å²) in [6, 6.07) is 5.77. The van der Waals surface area contributed by atoms with Crippen LogP contribution in [-0.4, -0.2) is 16.9 Å². The van der Waals surface area contributed by atoms with Crippen molar-refractivity contribution in [2.45, 2.75) is 33.6 Å². The van der Waals surface area contributed by atoms with Crippen molar-refractivity contribution in [3.63, 3.8) is 0 Å². The Morgan fingerprint density at radius 3 is 2.50 bits per heavy atom. The zero-order valence-corrected chi connectivity index (χ0v) is 11.0. The number of carboxylic acid groups (broad SMARTS) is 1. The Morgan fingerprint density at radius 1 is 1.28 bits per heavy atom. The second-order valence-electron chi connectivity index (χ2n) is 4.40. The quantitative estimate of drug-likeness (QED) is 0.493. The summed E-state index contributed by atoms with van der Waals surface area (Å²) < 4.78 is 0. The summed E-state index contributed by atoms with van der Waals surface area (Å²) in [6.45, 7) is 5.69. The van der Waals surface area contributed by atoms with Crippen LogP contribution >= 0.6 is 0 Å². The third-order valence-electron chi connectivity index (χ3n) is 2.74. The van der Waals surface area contributed by atoms with Gasteiger partial charge in [-0.15, -0.1) is 0 Å². The number of hydrogen-bond donors (Lipinski definition) is 1. The van der Waals surface area contributed by atoms with E-state index in [2.05, 4.69) is 0 Å². The summed E-state index contributed by atoms with van der Waals surface area (Å²) in [5, 5.41) is 9.10. The monoisotopic (exact) mass is 246 g/mol. The highest BCUT2D eigenvalue weighted by atomic mass is 16.4. The number of hydrogen-bond acceptors (Lipinski definition) is 2. The van der Waals surface area contributed by atoms with Crippen molar-refractivity contribution in [1.82, 2.24) is 0 Å². The fourth-order valence-corrected chi connectivity index (χ4v) is 1.69. The zero-order valence-electron chi connectivity index (χ0n) is 11.0. The number of benzene rings is 1. The van der Waals surface area contributed by atoms with Gasteiger partial charge in [0.1, 0.15) is 5.57 Å². The fourth-order valence-electron chi connectivity index (χ4n) is 1.69. The number of carboxylic acids is 1. The number of carbonyl (C=O) groups excluding carboxylic acids is 1. The molecule has 3 heteroatoms. The second kappa shape index (κ2) is 6.15. The lowest BCUT2D eigenvalue weighted by molar-refractivity contribution is -0.134. The van der Waals surface area contributed by atoms with Crippen LogP contribution in [0.2, 0.25) is 0 Å². The summed E-state index contributed by atoms with van der Waals surface area (Å²) in [5.41, 5.74) is 2.66. The summed E-state index contributed by atoms with van der Waals surface area (Å²) in [7, 11) is 0. The van der Waals surface area contributed by atoms with E-state index >= 15 is 0 Å². The average molecular weight is 246 g/mol. The summed E-state index contributed by atoms with van der Waals surface area (Å²) in [4.78, 5) is 22.9. The molecule has 0 spiro atoms. The lowest BCUT2D eigenvalue weighted by Crippen LogP contribution is -2.11. The maximum absolute atomic E-state index is 11.7. The summed E-state index contributed by atoms with van der Waals surface area (Å²) in [6.07, 6.45) is 2.39. The molecule has 0 saturated carbocycles. The minimum atomic E-state index is -1.16. The fraction of sp³-hybridized carbons (Fsp3) is 0.333. The first-order valence-electron chi connectivity index (χ1n) is 6.01. The van der Waals surface area contributed by atoms with E-state index in [1.807, 2.05) is 39.0 Å². The Labute approximate surface area is 107 Å². The topological polar surface area (TPSA) is 54.4 Å². The Bertz CT molecular complexity index is 498. The largest absolute Gasteiger partial charge is 0.478 e. The lowest BCUT2D eigenvalue weighted by Gasteiger charge is -2.05. The van der Waals surface area contributed by atoms with Gasteiger partial charge in [-0.25, -0.2) is 4.79 Å². The molecule has 96 valence electrons. The third kappa shape index (κ3) is 3.55. The first kappa shape index (κ1) is 14.2. The Kier molecular flexibility index (Phi) is 4.84. The molecule has 18 heavy (non-hydrogen) atoms. The predicted molar refractivity (Wildman–Crippen MR) is 71.4 cm³/mol. The first-order valence-corrected chi connectivity index (χ1v) is 6.01. The molecule has 0 aliphatic rings. The average Bonchev–Trinajstić information content (AvgIpc) is 2.30. The molecule has 0 unspecified atom stereocenters. The van der Waals surface area contributed by atoms with Crippen molar-refractivity contribution in [2.24, 2.45) is 0 Å². The van der Waals surface area contributed by atoms with Crippen LogP contribution < -0.4 is 0 Å². The number of Topliss-reactive ketones (excluding diaryl/α,β-unsaturated/α-hetero) is 1. The minimum Gasteiger partial charge on any atom is -0.478 e. The van der Waals surface area contributed by atoms with E-state index in [4.69, 9.17) is 5.11 Å². The first-order chi connectivity index (χ1) is 8.45. The maximum atomic E-state index is 11.7. The molecule has 0 aromatic heterocycles. The Morgan fingerprint density at radius 2 is 1.94 bits per heavy atom. The highest BCUT2D eigenvalue weighted by molar-refractivity contribution is 6.20. The summed E-state index contributed by atoms with van der Waals surface area (Å²) >= 11 is 0. The Balaban J connectivity index is 3.20. The predicted octanol–water partition coefficient (Wildman–Crippen LogP) is 3.14. The molecule has 1 aromatic rings. The van der Waals surface area contributed by atoms with Crippen molar-refractivity contribution in [3.8, 4) is 0 Å². The van der Waals surface area contributed by atoms with Gasteiger partial charge in [0.2, 0.25) is 0 Å². The number of ketones is 1. The van der Waals surface area contributed by atoms with Gasteiger partial charge in [-0.05, 0) is 37.5 Å². The molecule has 0 radical (unpaired) electrons. The Hall–Kier alpha value is -1.90. The van der Waals surface area contributed by atoms with Crippen molar-refractivity contribution < 1.29 is 14.7 Å². The van der Waals surface area contributed by atoms with Crippen LogP contribution in [0.15, 0.2) is 23.8 Å². The van der Waals surface area contributed by atoms with Crippen molar-refractivity contribution in [3.05, 3.63) is 40.5 Å². The normalized spacial score (nSPS) is 11.4. The molecular weight excluding hydrogens is 228 g/mol. The number of rotatable bonds is 5. The van der Waals surface area contributed by atoms with Gasteiger partial charge in [-0.2, -0.15) is 0 Å². The molecule has 0 aliphatic heterocycles. The molecule has 0 fully saturated rings. The molecule has 0 atom stereocenters. The smallest absolute Gasteiger partial charge is 0.339 e. The zero-order chi connectivity index (χ0) is 13.7. The number of carbonyl (C=O) groups is 2. The van der Waals surface area contributed by atoms with Crippen LogP contribution in [0.25, 0.3) is 6.08 Å². The van der Waals surface area contributed by atoms with Crippen LogP contribution in [0.4, 0.5) is 0 Å². The molecule has 1 N–H and O–H groups in total. The van der Waals surface area contributed by atoms with Gasteiger partial charge in [-0.1, -0.05) is 30.7 Å². The SMILES string of the molecule is CCCC(=O)C(=Cc1cc(C)ccc1C)C(=O)O. The van der Waals surface area contributed by atoms with E-state index in [1.165, 1.54) is 6.08 Å². The molecule has 0 saturated heterocycles. The van der Waals surface area contributed by atoms with Crippen LogP contribution in [0.1, 0.15) is 36.5 Å². The molecule has 0 bridgehead atoms. The van der Waals surface area contributed by atoms with Gasteiger partial charge < -0.3 is 5.11 Å². The highest BCUT2D eigenvalue weighted by Gasteiger charge is 2.16. The maximum Gasteiger partial charge on any atom is 0.339 e. The third-order valence-corrected chi connectivity index (χ3v) is 2.74. The van der Waals surface area contributed by atoms with Gasteiger partial charge in [0.15, 0.2) is 5.78 Å². The van der Waals surface area contributed by atoms with Crippen molar-refractivity contribution >= 4 is 17.8 Å². The molecule has 1 aromatic carbocycles. The molecule has 0 aliphatic carbocycles. The lowest BCUT2D eigenvalue weighted by atomic mass is 10.00. The van der Waals surface area contributed by atoms with Gasteiger partial charge in [0.25, 0.3) is 0 Å². The molecule has 1 rings (SSSR count). The van der Waals surface area contributed by atoms with Gasteiger partial charge in [-0.3, -0.25) is 4.79 Å². The van der Waals surface area contributed by atoms with Crippen LogP contribution in [0.5, 0.6) is 0 Å². The van der Waals surface area contributed by atoms with Gasteiger partial charge >= 0.3 is 5.97 Å². The highest BCUT2D eigenvalue weighted by Crippen LogP contribution is 2.16. The van der Waals surface area contributed by atoms with Crippen LogP contribution in [0.3, 0.4) is 0 Å². The molecule has 3 nitrogen and oxygen atoms in total. The molecular formula is C15H18O3. The van der Waals surface area contributed by atoms with E-state index in [-0.39, 0.29) is 17.8 Å². The second-order valence-corrected chi connectivity index (χ2v) is 4.40. The number of aliphatic carboxylic acids is 1. The minimum absolute atomic E-state index is 0.134. The molecule has 0 heterocycles. The van der Waals surface area contributed by atoms with E-state index in [0.29, 0.717) is 6.42 Å². The standard InChI is InChI=1S/C15H18O3/c1-4-5-14(16)13(15(17)18)9-12-8-10(2)6-7-11(12)3/h6-9H,4-5H2,1-3H3,(H,17,18). The van der Waals surface area contributed by atoms with E-state index in [0.717, 1.165) is 16.7 Å². The van der Waals surface area contributed by atoms with Crippen LogP contribution in [-0.2, 0) is 9.59 Å². The van der Waals surface area contributed by atoms with Gasteiger partial charge in [0.05, 0.1) is 0 Å². The summed E-state index contributed by atoms with van der Waals surface area (Å²) in [5.74, 6) is -1.47. The van der Waals surface area contributed by atoms with Crippen molar-refractivity contribution in [1.29, 1.82) is 0 Å². The van der Waals surface area contributed by atoms with E-state index in [1.54, 1.807) is 0 Å². The van der Waals surface area contributed by atoms with E-state index in [9.17, 15) is 9.59 Å². The van der Waals surface area contributed by atoms with Crippen molar-refractivity contribution in [2.75, 3.05) is 0 Å². The molecule has 0 amide bonds. The number of aryl methyl sites for hydroxylation is 2. The van der Waals surface area contributed by atoms with Crippen LogP contribution in [0, 0.1) is 13.8 Å². The van der Waals surface area contributed by atoms with Gasteiger partial charge in [0, 0.05) is 6.42 Å². The van der Waals surface area contributed by atoms with E-state index < -0.39 is 5.97 Å².